The van der Waals surface area contributed by atoms with E-state index in [1.165, 1.54) is 0 Å². The predicted octanol–water partition coefficient (Wildman–Crippen LogP) is 3.27. The van der Waals surface area contributed by atoms with Crippen LogP contribution in [0.15, 0.2) is 0 Å². The summed E-state index contributed by atoms with van der Waals surface area (Å²) < 4.78 is 24.5. The van der Waals surface area contributed by atoms with Gasteiger partial charge in [0, 0.05) is 0 Å². The van der Waals surface area contributed by atoms with Crippen molar-refractivity contribution in [3.05, 3.63) is 0 Å². The zero-order valence-electron chi connectivity index (χ0n) is 10.9. The molecule has 0 aromatic carbocycles. The Balaban J connectivity index is 4.82. The molecule has 2 nitrogen and oxygen atoms in total. The topological polar surface area (TPSA) is 34.1 Å². The first-order chi connectivity index (χ1) is 6.78. The van der Waals surface area contributed by atoms with Crippen molar-refractivity contribution in [2.24, 2.45) is 11.8 Å². The fourth-order valence-corrected chi connectivity index (χ4v) is 4.01. The lowest BCUT2D eigenvalue weighted by molar-refractivity contribution is 0.472. The standard InChI is InChI=1S/C12H26O2S/c1-7-9(3)11(5)15(13,14)12(6)10(4)8-2/h9-12H,7-8H2,1-6H3/t9-,10-,11-,12+/m0/s1. The molecule has 0 aliphatic rings. The zero-order valence-corrected chi connectivity index (χ0v) is 11.8. The van der Waals surface area contributed by atoms with E-state index in [1.54, 1.807) is 0 Å². The first-order valence-corrected chi connectivity index (χ1v) is 7.62. The summed E-state index contributed by atoms with van der Waals surface area (Å²) in [6, 6.07) is 0. The van der Waals surface area contributed by atoms with E-state index in [1.807, 2.05) is 41.5 Å². The summed E-state index contributed by atoms with van der Waals surface area (Å²) in [6.45, 7) is 11.8. The maximum atomic E-state index is 12.2. The van der Waals surface area contributed by atoms with Gasteiger partial charge in [-0.3, -0.25) is 0 Å². The Kier molecular flexibility index (Phi) is 5.86. The SMILES string of the molecule is CC[C@H](C)[C@@H](C)S(=O)(=O)[C@@H](C)[C@@H](C)CC. The summed E-state index contributed by atoms with van der Waals surface area (Å²) in [6.07, 6.45) is 1.85. The van der Waals surface area contributed by atoms with Gasteiger partial charge in [-0.15, -0.1) is 0 Å². The number of hydrogen-bond donors (Lipinski definition) is 0. The van der Waals surface area contributed by atoms with E-state index in [2.05, 4.69) is 0 Å². The molecule has 0 aliphatic heterocycles. The first-order valence-electron chi connectivity index (χ1n) is 6.01. The van der Waals surface area contributed by atoms with Crippen LogP contribution in [0, 0.1) is 11.8 Å². The summed E-state index contributed by atoms with van der Waals surface area (Å²) in [5, 5.41) is -0.432. The Labute approximate surface area is 95.4 Å². The quantitative estimate of drug-likeness (QED) is 0.707. The molecule has 0 fully saturated rings. The zero-order chi connectivity index (χ0) is 12.2. The monoisotopic (exact) mass is 234 g/mol. The van der Waals surface area contributed by atoms with E-state index in [4.69, 9.17) is 0 Å². The van der Waals surface area contributed by atoms with Gasteiger partial charge in [-0.25, -0.2) is 8.42 Å². The van der Waals surface area contributed by atoms with Gasteiger partial charge in [-0.05, 0) is 25.7 Å². The second-order valence-corrected chi connectivity index (χ2v) is 7.44. The highest BCUT2D eigenvalue weighted by molar-refractivity contribution is 7.92. The predicted molar refractivity (Wildman–Crippen MR) is 66.8 cm³/mol. The summed E-state index contributed by atoms with van der Waals surface area (Å²) in [5.74, 6) is 0.503. The molecule has 4 atom stereocenters. The largest absolute Gasteiger partial charge is 0.228 e. The van der Waals surface area contributed by atoms with E-state index in [0.29, 0.717) is 0 Å². The van der Waals surface area contributed by atoms with Gasteiger partial charge in [-0.1, -0.05) is 40.5 Å². The molecule has 0 bridgehead atoms. The highest BCUT2D eigenvalue weighted by Gasteiger charge is 2.33. The van der Waals surface area contributed by atoms with Crippen LogP contribution in [0.1, 0.15) is 54.4 Å². The average molecular weight is 234 g/mol. The normalized spacial score (nSPS) is 20.7. The summed E-state index contributed by atoms with van der Waals surface area (Å²) in [5.41, 5.74) is 0. The van der Waals surface area contributed by atoms with Crippen LogP contribution in [0.3, 0.4) is 0 Å². The van der Waals surface area contributed by atoms with Crippen LogP contribution in [0.5, 0.6) is 0 Å². The van der Waals surface area contributed by atoms with Crippen LogP contribution in [0.4, 0.5) is 0 Å². The molecule has 0 aromatic rings. The molecule has 0 unspecified atom stereocenters. The second kappa shape index (κ2) is 5.88. The van der Waals surface area contributed by atoms with E-state index >= 15 is 0 Å². The Morgan fingerprint density at radius 1 is 0.800 bits per heavy atom. The first kappa shape index (κ1) is 14.9. The van der Waals surface area contributed by atoms with Gasteiger partial charge in [0.2, 0.25) is 0 Å². The molecule has 0 saturated carbocycles. The molecule has 0 aliphatic carbocycles. The molecule has 0 aromatic heterocycles. The van der Waals surface area contributed by atoms with Gasteiger partial charge in [0.15, 0.2) is 9.84 Å². The van der Waals surface area contributed by atoms with Crippen LogP contribution in [-0.2, 0) is 9.84 Å². The minimum atomic E-state index is -2.96. The lowest BCUT2D eigenvalue weighted by Gasteiger charge is -2.26. The van der Waals surface area contributed by atoms with Crippen molar-refractivity contribution < 1.29 is 8.42 Å². The lowest BCUT2D eigenvalue weighted by Crippen LogP contribution is -2.35. The molecule has 0 N–H and O–H groups in total. The molecular formula is C12H26O2S. The fraction of sp³-hybridized carbons (Fsp3) is 1.00. The molecular weight excluding hydrogens is 208 g/mol. The van der Waals surface area contributed by atoms with Gasteiger partial charge < -0.3 is 0 Å². The maximum Gasteiger partial charge on any atom is 0.155 e. The van der Waals surface area contributed by atoms with Gasteiger partial charge in [0.25, 0.3) is 0 Å². The maximum absolute atomic E-state index is 12.2. The number of hydrogen-bond acceptors (Lipinski definition) is 2. The third-order valence-electron chi connectivity index (χ3n) is 3.93. The summed E-state index contributed by atoms with van der Waals surface area (Å²) >= 11 is 0. The molecule has 3 heteroatoms. The molecule has 0 saturated heterocycles. The van der Waals surface area contributed by atoms with Gasteiger partial charge >= 0.3 is 0 Å². The van der Waals surface area contributed by atoms with E-state index in [0.717, 1.165) is 12.8 Å². The second-order valence-electron chi connectivity index (χ2n) is 4.77. The Hall–Kier alpha value is -0.0500. The smallest absolute Gasteiger partial charge is 0.155 e. The van der Waals surface area contributed by atoms with Gasteiger partial charge in [0.1, 0.15) is 0 Å². The Morgan fingerprint density at radius 3 is 1.27 bits per heavy atom. The van der Waals surface area contributed by atoms with E-state index in [-0.39, 0.29) is 22.3 Å². The summed E-state index contributed by atoms with van der Waals surface area (Å²) in [7, 11) is -2.96. The highest BCUT2D eigenvalue weighted by atomic mass is 32.2. The number of rotatable bonds is 6. The molecule has 0 rings (SSSR count). The van der Waals surface area contributed by atoms with Crippen molar-refractivity contribution in [2.75, 3.05) is 0 Å². The minimum absolute atomic E-state index is 0.216. The fourth-order valence-electron chi connectivity index (χ4n) is 1.65. The number of sulfone groups is 1. The van der Waals surface area contributed by atoms with E-state index in [9.17, 15) is 8.42 Å². The molecule has 0 spiro atoms. The average Bonchev–Trinajstić information content (AvgIpc) is 2.24. The minimum Gasteiger partial charge on any atom is -0.228 e. The molecule has 0 radical (unpaired) electrons. The van der Waals surface area contributed by atoms with Crippen LogP contribution >= 0.6 is 0 Å². The van der Waals surface area contributed by atoms with Crippen molar-refractivity contribution >= 4 is 9.84 Å². The van der Waals surface area contributed by atoms with Crippen molar-refractivity contribution in [3.8, 4) is 0 Å². The van der Waals surface area contributed by atoms with Crippen LogP contribution in [0.25, 0.3) is 0 Å². The molecule has 0 amide bonds. The van der Waals surface area contributed by atoms with Crippen LogP contribution in [-0.4, -0.2) is 18.9 Å². The molecule has 15 heavy (non-hydrogen) atoms. The Bertz CT molecular complexity index is 247. The third-order valence-corrected chi connectivity index (χ3v) is 6.93. The third kappa shape index (κ3) is 3.47. The van der Waals surface area contributed by atoms with Crippen molar-refractivity contribution in [1.82, 2.24) is 0 Å². The van der Waals surface area contributed by atoms with E-state index < -0.39 is 9.84 Å². The molecule has 0 heterocycles. The highest BCUT2D eigenvalue weighted by Crippen LogP contribution is 2.24. The Morgan fingerprint density at radius 2 is 1.07 bits per heavy atom. The lowest BCUT2D eigenvalue weighted by atomic mass is 10.1. The van der Waals surface area contributed by atoms with Crippen LogP contribution < -0.4 is 0 Å². The van der Waals surface area contributed by atoms with Crippen LogP contribution in [0.2, 0.25) is 0 Å². The van der Waals surface area contributed by atoms with Crippen molar-refractivity contribution in [3.63, 3.8) is 0 Å². The van der Waals surface area contributed by atoms with Gasteiger partial charge in [-0.2, -0.15) is 0 Å². The van der Waals surface area contributed by atoms with Gasteiger partial charge in [0.05, 0.1) is 10.5 Å². The van der Waals surface area contributed by atoms with Crippen molar-refractivity contribution in [1.29, 1.82) is 0 Å². The summed E-state index contributed by atoms with van der Waals surface area (Å²) in [4.78, 5) is 0. The van der Waals surface area contributed by atoms with Crippen molar-refractivity contribution in [2.45, 2.75) is 64.9 Å². The molecule has 92 valence electrons.